The van der Waals surface area contributed by atoms with Crippen molar-refractivity contribution >= 4 is 39.4 Å². The van der Waals surface area contributed by atoms with Crippen LogP contribution in [0.1, 0.15) is 10.5 Å². The fourth-order valence-corrected chi connectivity index (χ4v) is 1.87. The first-order chi connectivity index (χ1) is 7.74. The molecular formula is C8H4ClF3INO3. The van der Waals surface area contributed by atoms with E-state index in [1.165, 1.54) is 6.07 Å². The Labute approximate surface area is 112 Å². The van der Waals surface area contributed by atoms with Crippen LogP contribution in [0.4, 0.5) is 13.2 Å². The second-order valence-corrected chi connectivity index (χ2v) is 4.15. The van der Waals surface area contributed by atoms with Crippen LogP contribution in [0.2, 0.25) is 0 Å². The van der Waals surface area contributed by atoms with E-state index < -0.39 is 17.5 Å². The van der Waals surface area contributed by atoms with E-state index in [1.807, 2.05) is 0 Å². The van der Waals surface area contributed by atoms with E-state index in [0.717, 1.165) is 7.11 Å². The number of hydrogen-bond acceptors (Lipinski definition) is 4. The van der Waals surface area contributed by atoms with Gasteiger partial charge in [-0.1, -0.05) is 0 Å². The second-order valence-electron chi connectivity index (χ2n) is 2.65. The minimum absolute atomic E-state index is 0.242. The molecule has 4 nitrogen and oxygen atoms in total. The Morgan fingerprint density at radius 1 is 1.53 bits per heavy atom. The third-order valence-corrected chi connectivity index (χ3v) is 2.53. The minimum Gasteiger partial charge on any atom is -0.491 e. The van der Waals surface area contributed by atoms with Crippen molar-refractivity contribution in [3.05, 3.63) is 15.3 Å². The Bertz CT molecular complexity index is 452. The van der Waals surface area contributed by atoms with Gasteiger partial charge in [0.2, 0.25) is 0 Å². The summed E-state index contributed by atoms with van der Waals surface area (Å²) < 4.78 is 44.7. The van der Waals surface area contributed by atoms with Crippen LogP contribution in [0, 0.1) is 3.57 Å². The van der Waals surface area contributed by atoms with Gasteiger partial charge in [0.1, 0.15) is 5.69 Å². The number of rotatable bonds is 3. The molecule has 1 heterocycles. The lowest BCUT2D eigenvalue weighted by Gasteiger charge is -2.12. The first-order valence-electron chi connectivity index (χ1n) is 3.94. The van der Waals surface area contributed by atoms with Gasteiger partial charge in [-0.15, -0.1) is 13.2 Å². The lowest BCUT2D eigenvalue weighted by atomic mass is 10.3. The van der Waals surface area contributed by atoms with Crippen molar-refractivity contribution in [3.63, 3.8) is 0 Å². The molecule has 0 N–H and O–H groups in total. The largest absolute Gasteiger partial charge is 0.574 e. The highest BCUT2D eigenvalue weighted by atomic mass is 127. The van der Waals surface area contributed by atoms with Gasteiger partial charge >= 0.3 is 6.36 Å². The smallest absolute Gasteiger partial charge is 0.491 e. The molecule has 1 rings (SSSR count). The lowest BCUT2D eigenvalue weighted by molar-refractivity contribution is -0.276. The van der Waals surface area contributed by atoms with Crippen molar-refractivity contribution in [1.29, 1.82) is 0 Å². The summed E-state index contributed by atoms with van der Waals surface area (Å²) in [5, 5.41) is -0.982. The molecule has 94 valence electrons. The van der Waals surface area contributed by atoms with Crippen molar-refractivity contribution < 1.29 is 27.4 Å². The van der Waals surface area contributed by atoms with Crippen LogP contribution in [-0.2, 0) is 0 Å². The molecule has 0 saturated heterocycles. The number of nitrogens with zero attached hydrogens (tertiary/aromatic N) is 1. The number of ether oxygens (including phenoxy) is 2. The monoisotopic (exact) mass is 381 g/mol. The van der Waals surface area contributed by atoms with Gasteiger partial charge in [0.25, 0.3) is 11.1 Å². The summed E-state index contributed by atoms with van der Waals surface area (Å²) in [7, 11) is 1.15. The third kappa shape index (κ3) is 3.87. The maximum Gasteiger partial charge on any atom is 0.574 e. The Kier molecular flexibility index (Phi) is 4.42. The summed E-state index contributed by atoms with van der Waals surface area (Å²) in [6.07, 6.45) is -4.93. The van der Waals surface area contributed by atoms with Crippen LogP contribution in [0.5, 0.6) is 11.6 Å². The number of pyridine rings is 1. The molecule has 0 radical (unpaired) electrons. The van der Waals surface area contributed by atoms with Crippen molar-refractivity contribution in [2.75, 3.05) is 7.11 Å². The molecule has 0 spiro atoms. The van der Waals surface area contributed by atoms with Crippen LogP contribution in [0.15, 0.2) is 6.07 Å². The highest BCUT2D eigenvalue weighted by Crippen LogP contribution is 2.32. The van der Waals surface area contributed by atoms with Crippen molar-refractivity contribution in [2.45, 2.75) is 6.36 Å². The number of hydrogen-bond donors (Lipinski definition) is 0. The highest BCUT2D eigenvalue weighted by Gasteiger charge is 2.34. The Hall–Kier alpha value is -0.770. The fraction of sp³-hybridized carbons (Fsp3) is 0.250. The summed E-state index contributed by atoms with van der Waals surface area (Å²) >= 11 is 6.86. The summed E-state index contributed by atoms with van der Waals surface area (Å²) in [5.41, 5.74) is -0.327. The van der Waals surface area contributed by atoms with E-state index in [1.54, 1.807) is 22.6 Å². The predicted molar refractivity (Wildman–Crippen MR) is 60.4 cm³/mol. The molecule has 0 bridgehead atoms. The standard InChI is InChI=1S/C8H4ClF3INO3/c1-16-4-2-3(13)5(6(9)15)14-7(4)17-8(10,11)12/h2H,1H3. The fourth-order valence-electron chi connectivity index (χ4n) is 0.922. The van der Waals surface area contributed by atoms with Gasteiger partial charge in [0.05, 0.1) is 7.11 Å². The molecule has 0 aliphatic carbocycles. The van der Waals surface area contributed by atoms with E-state index in [-0.39, 0.29) is 15.0 Å². The molecule has 0 unspecified atom stereocenters. The van der Waals surface area contributed by atoms with Crippen LogP contribution in [0.3, 0.4) is 0 Å². The molecule has 0 aromatic carbocycles. The lowest BCUT2D eigenvalue weighted by Crippen LogP contribution is -2.19. The third-order valence-electron chi connectivity index (χ3n) is 1.53. The molecule has 0 aliphatic heterocycles. The summed E-state index contributed by atoms with van der Waals surface area (Å²) in [5.74, 6) is -1.10. The van der Waals surface area contributed by atoms with Gasteiger partial charge in [0, 0.05) is 9.64 Å². The van der Waals surface area contributed by atoms with Crippen LogP contribution < -0.4 is 9.47 Å². The van der Waals surface area contributed by atoms with E-state index in [4.69, 9.17) is 11.6 Å². The Morgan fingerprint density at radius 3 is 2.53 bits per heavy atom. The van der Waals surface area contributed by atoms with Crippen LogP contribution in [-0.4, -0.2) is 23.7 Å². The Balaban J connectivity index is 3.26. The second kappa shape index (κ2) is 5.25. The van der Waals surface area contributed by atoms with Gasteiger partial charge in [-0.05, 0) is 34.2 Å². The molecule has 9 heteroatoms. The number of aromatic nitrogens is 1. The van der Waals surface area contributed by atoms with Gasteiger partial charge in [-0.2, -0.15) is 0 Å². The zero-order valence-corrected chi connectivity index (χ0v) is 11.1. The number of halogens is 5. The molecule has 0 aliphatic rings. The number of carbonyl (C=O) groups excluding carboxylic acids is 1. The quantitative estimate of drug-likeness (QED) is 0.597. The van der Waals surface area contributed by atoms with Crippen molar-refractivity contribution in [3.8, 4) is 11.6 Å². The molecular weight excluding hydrogens is 377 g/mol. The maximum absolute atomic E-state index is 12.1. The molecule has 1 aromatic rings. The van der Waals surface area contributed by atoms with Gasteiger partial charge in [0.15, 0.2) is 5.75 Å². The van der Waals surface area contributed by atoms with E-state index in [0.29, 0.717) is 0 Å². The zero-order valence-electron chi connectivity index (χ0n) is 8.14. The number of carbonyl (C=O) groups is 1. The topological polar surface area (TPSA) is 48.4 Å². The molecule has 0 atom stereocenters. The highest BCUT2D eigenvalue weighted by molar-refractivity contribution is 14.1. The minimum atomic E-state index is -4.93. The normalized spacial score (nSPS) is 11.2. The number of alkyl halides is 3. The van der Waals surface area contributed by atoms with Crippen molar-refractivity contribution in [1.82, 2.24) is 4.98 Å². The Morgan fingerprint density at radius 2 is 2.12 bits per heavy atom. The average molecular weight is 381 g/mol. The zero-order chi connectivity index (χ0) is 13.2. The molecule has 0 amide bonds. The van der Waals surface area contributed by atoms with Crippen LogP contribution in [0.25, 0.3) is 0 Å². The van der Waals surface area contributed by atoms with Crippen molar-refractivity contribution in [2.24, 2.45) is 0 Å². The van der Waals surface area contributed by atoms with Crippen LogP contribution >= 0.6 is 34.2 Å². The summed E-state index contributed by atoms with van der Waals surface area (Å²) in [6.45, 7) is 0. The average Bonchev–Trinajstić information content (AvgIpc) is 2.17. The SMILES string of the molecule is COc1cc(I)c(C(=O)Cl)nc1OC(F)(F)F. The first kappa shape index (κ1) is 14.3. The molecule has 1 aromatic heterocycles. The van der Waals surface area contributed by atoms with Gasteiger partial charge < -0.3 is 9.47 Å². The van der Waals surface area contributed by atoms with E-state index in [2.05, 4.69) is 14.5 Å². The van der Waals surface area contributed by atoms with E-state index in [9.17, 15) is 18.0 Å². The molecule has 17 heavy (non-hydrogen) atoms. The predicted octanol–water partition coefficient (Wildman–Crippen LogP) is 2.97. The summed E-state index contributed by atoms with van der Waals surface area (Å²) in [6, 6.07) is 1.17. The number of methoxy groups -OCH3 is 1. The summed E-state index contributed by atoms with van der Waals surface area (Å²) in [4.78, 5) is 14.3. The first-order valence-corrected chi connectivity index (χ1v) is 5.40. The maximum atomic E-state index is 12.1. The van der Waals surface area contributed by atoms with Gasteiger partial charge in [-0.25, -0.2) is 4.98 Å². The van der Waals surface area contributed by atoms with Gasteiger partial charge in [-0.3, -0.25) is 4.79 Å². The molecule has 0 saturated carbocycles. The van der Waals surface area contributed by atoms with E-state index >= 15 is 0 Å². The molecule has 0 fully saturated rings.